The molecular weight excluding hydrogens is 193 g/mol. The molecule has 0 radical (unpaired) electrons. The highest BCUT2D eigenvalue weighted by Crippen LogP contribution is 2.22. The SMILES string of the molecule is CC[C@H](NO)c1ccc(F)c(Cl)c1. The van der Waals surface area contributed by atoms with E-state index in [1.165, 1.54) is 12.1 Å². The van der Waals surface area contributed by atoms with Crippen molar-refractivity contribution in [2.75, 3.05) is 0 Å². The van der Waals surface area contributed by atoms with Gasteiger partial charge in [-0.3, -0.25) is 0 Å². The van der Waals surface area contributed by atoms with Crippen LogP contribution >= 0.6 is 11.6 Å². The van der Waals surface area contributed by atoms with Gasteiger partial charge in [0, 0.05) is 0 Å². The van der Waals surface area contributed by atoms with E-state index >= 15 is 0 Å². The topological polar surface area (TPSA) is 32.3 Å². The van der Waals surface area contributed by atoms with E-state index in [4.69, 9.17) is 16.8 Å². The monoisotopic (exact) mass is 203 g/mol. The van der Waals surface area contributed by atoms with Crippen molar-refractivity contribution in [3.63, 3.8) is 0 Å². The van der Waals surface area contributed by atoms with E-state index in [-0.39, 0.29) is 11.1 Å². The Morgan fingerprint density at radius 2 is 2.31 bits per heavy atom. The standard InChI is InChI=1S/C9H11ClFNO/c1-2-9(12-13)6-3-4-8(11)7(10)5-6/h3-5,9,12-13H,2H2,1H3/t9-/m0/s1. The van der Waals surface area contributed by atoms with E-state index in [9.17, 15) is 4.39 Å². The molecule has 13 heavy (non-hydrogen) atoms. The van der Waals surface area contributed by atoms with Crippen LogP contribution in [-0.2, 0) is 0 Å². The predicted octanol–water partition coefficient (Wildman–Crippen LogP) is 2.91. The van der Waals surface area contributed by atoms with Gasteiger partial charge in [0.05, 0.1) is 11.1 Å². The maximum Gasteiger partial charge on any atom is 0.141 e. The van der Waals surface area contributed by atoms with Crippen molar-refractivity contribution in [2.24, 2.45) is 0 Å². The van der Waals surface area contributed by atoms with E-state index in [1.807, 2.05) is 6.92 Å². The van der Waals surface area contributed by atoms with Crippen LogP contribution in [0.1, 0.15) is 24.9 Å². The van der Waals surface area contributed by atoms with Crippen molar-refractivity contribution in [2.45, 2.75) is 19.4 Å². The third-order valence-electron chi connectivity index (χ3n) is 1.91. The number of halogens is 2. The van der Waals surface area contributed by atoms with Gasteiger partial charge in [0.15, 0.2) is 0 Å². The first-order chi connectivity index (χ1) is 6.19. The molecule has 0 fully saturated rings. The highest BCUT2D eigenvalue weighted by molar-refractivity contribution is 6.30. The van der Waals surface area contributed by atoms with Crippen LogP contribution in [-0.4, -0.2) is 5.21 Å². The van der Waals surface area contributed by atoms with Crippen LogP contribution in [0, 0.1) is 5.82 Å². The van der Waals surface area contributed by atoms with Crippen molar-refractivity contribution in [1.29, 1.82) is 0 Å². The number of nitrogens with one attached hydrogen (secondary N) is 1. The van der Waals surface area contributed by atoms with Gasteiger partial charge in [-0.15, -0.1) is 0 Å². The Morgan fingerprint density at radius 3 is 2.77 bits per heavy atom. The summed E-state index contributed by atoms with van der Waals surface area (Å²) in [6.07, 6.45) is 0.707. The molecule has 0 aliphatic rings. The summed E-state index contributed by atoms with van der Waals surface area (Å²) in [7, 11) is 0. The first-order valence-corrected chi connectivity index (χ1v) is 4.41. The molecule has 72 valence electrons. The van der Waals surface area contributed by atoms with E-state index in [0.717, 1.165) is 5.56 Å². The Labute approximate surface area is 81.3 Å². The smallest absolute Gasteiger partial charge is 0.141 e. The quantitative estimate of drug-likeness (QED) is 0.741. The number of benzene rings is 1. The molecule has 1 aromatic rings. The Bertz CT molecular complexity index is 289. The summed E-state index contributed by atoms with van der Waals surface area (Å²) in [5, 5.41) is 8.83. The fourth-order valence-corrected chi connectivity index (χ4v) is 1.32. The van der Waals surface area contributed by atoms with E-state index in [1.54, 1.807) is 6.07 Å². The molecule has 1 rings (SSSR count). The van der Waals surface area contributed by atoms with Gasteiger partial charge in [0.1, 0.15) is 5.82 Å². The number of hydrogen-bond donors (Lipinski definition) is 2. The fraction of sp³-hybridized carbons (Fsp3) is 0.333. The van der Waals surface area contributed by atoms with E-state index in [0.29, 0.717) is 6.42 Å². The lowest BCUT2D eigenvalue weighted by Crippen LogP contribution is -2.15. The largest absolute Gasteiger partial charge is 0.316 e. The molecule has 0 aliphatic carbocycles. The molecule has 4 heteroatoms. The first-order valence-electron chi connectivity index (χ1n) is 4.03. The average Bonchev–Trinajstić information content (AvgIpc) is 2.13. The van der Waals surface area contributed by atoms with Gasteiger partial charge in [-0.25, -0.2) is 4.39 Å². The maximum atomic E-state index is 12.8. The van der Waals surface area contributed by atoms with Gasteiger partial charge in [-0.2, -0.15) is 5.48 Å². The second-order valence-corrected chi connectivity index (χ2v) is 3.17. The van der Waals surface area contributed by atoms with Crippen molar-refractivity contribution >= 4 is 11.6 Å². The number of hydroxylamine groups is 1. The molecule has 2 nitrogen and oxygen atoms in total. The van der Waals surface area contributed by atoms with Crippen molar-refractivity contribution in [3.8, 4) is 0 Å². The van der Waals surface area contributed by atoms with Crippen molar-refractivity contribution < 1.29 is 9.60 Å². The fourth-order valence-electron chi connectivity index (χ4n) is 1.13. The zero-order valence-corrected chi connectivity index (χ0v) is 7.98. The lowest BCUT2D eigenvalue weighted by atomic mass is 10.1. The van der Waals surface area contributed by atoms with Gasteiger partial charge in [0.2, 0.25) is 0 Å². The summed E-state index contributed by atoms with van der Waals surface area (Å²) < 4.78 is 12.8. The van der Waals surface area contributed by atoms with Crippen molar-refractivity contribution in [1.82, 2.24) is 5.48 Å². The third-order valence-corrected chi connectivity index (χ3v) is 2.20. The number of rotatable bonds is 3. The lowest BCUT2D eigenvalue weighted by Gasteiger charge is -2.12. The summed E-state index contributed by atoms with van der Waals surface area (Å²) in [4.78, 5) is 0. The first kappa shape index (κ1) is 10.4. The Balaban J connectivity index is 2.95. The van der Waals surface area contributed by atoms with Gasteiger partial charge < -0.3 is 5.21 Å². The van der Waals surface area contributed by atoms with Crippen LogP contribution in [0.15, 0.2) is 18.2 Å². The summed E-state index contributed by atoms with van der Waals surface area (Å²) in [5.41, 5.74) is 2.91. The highest BCUT2D eigenvalue weighted by atomic mass is 35.5. The zero-order valence-electron chi connectivity index (χ0n) is 7.22. The zero-order chi connectivity index (χ0) is 9.84. The van der Waals surface area contributed by atoms with Crippen LogP contribution in [0.5, 0.6) is 0 Å². The molecule has 0 unspecified atom stereocenters. The molecule has 0 spiro atoms. The minimum atomic E-state index is -0.446. The molecular formula is C9H11ClFNO. The molecule has 0 amide bonds. The molecule has 0 saturated heterocycles. The van der Waals surface area contributed by atoms with Gasteiger partial charge >= 0.3 is 0 Å². The Hall–Kier alpha value is -0.640. The third kappa shape index (κ3) is 2.40. The summed E-state index contributed by atoms with van der Waals surface area (Å²) in [5.74, 6) is -0.446. The van der Waals surface area contributed by atoms with Gasteiger partial charge in [-0.05, 0) is 24.1 Å². The van der Waals surface area contributed by atoms with E-state index < -0.39 is 5.82 Å². The second kappa shape index (κ2) is 4.56. The van der Waals surface area contributed by atoms with Gasteiger partial charge in [0.25, 0.3) is 0 Å². The molecule has 1 atom stereocenters. The summed E-state index contributed by atoms with van der Waals surface area (Å²) >= 11 is 5.59. The van der Waals surface area contributed by atoms with Crippen LogP contribution in [0.3, 0.4) is 0 Å². The molecule has 0 heterocycles. The predicted molar refractivity (Wildman–Crippen MR) is 49.4 cm³/mol. The van der Waals surface area contributed by atoms with Gasteiger partial charge in [-0.1, -0.05) is 24.6 Å². The molecule has 0 bridgehead atoms. The highest BCUT2D eigenvalue weighted by Gasteiger charge is 2.09. The normalized spacial score (nSPS) is 12.9. The Kier molecular flexibility index (Phi) is 3.66. The van der Waals surface area contributed by atoms with Crippen molar-refractivity contribution in [3.05, 3.63) is 34.6 Å². The number of hydrogen-bond acceptors (Lipinski definition) is 2. The average molecular weight is 204 g/mol. The lowest BCUT2D eigenvalue weighted by molar-refractivity contribution is 0.124. The second-order valence-electron chi connectivity index (χ2n) is 2.76. The minimum Gasteiger partial charge on any atom is -0.316 e. The molecule has 0 saturated carbocycles. The van der Waals surface area contributed by atoms with Crippen LogP contribution in [0.25, 0.3) is 0 Å². The van der Waals surface area contributed by atoms with Crippen LogP contribution < -0.4 is 5.48 Å². The molecule has 0 aliphatic heterocycles. The molecule has 1 aromatic carbocycles. The van der Waals surface area contributed by atoms with E-state index in [2.05, 4.69) is 5.48 Å². The summed E-state index contributed by atoms with van der Waals surface area (Å²) in [6.45, 7) is 1.91. The minimum absolute atomic E-state index is 0.0752. The summed E-state index contributed by atoms with van der Waals surface area (Å²) in [6, 6.07) is 4.20. The van der Waals surface area contributed by atoms with Crippen LogP contribution in [0.4, 0.5) is 4.39 Å². The Morgan fingerprint density at radius 1 is 1.62 bits per heavy atom. The molecule has 2 N–H and O–H groups in total. The molecule has 0 aromatic heterocycles. The maximum absolute atomic E-state index is 12.8. The van der Waals surface area contributed by atoms with Crippen LogP contribution in [0.2, 0.25) is 5.02 Å².